The van der Waals surface area contributed by atoms with Gasteiger partial charge in [-0.25, -0.2) is 8.78 Å². The number of nitrogens with one attached hydrogen (secondary N) is 1. The van der Waals surface area contributed by atoms with Gasteiger partial charge in [0.05, 0.1) is 11.3 Å². The molecule has 2 heterocycles. The summed E-state index contributed by atoms with van der Waals surface area (Å²) in [5, 5.41) is 2.92. The highest BCUT2D eigenvalue weighted by Gasteiger charge is 2.44. The molecule has 0 spiro atoms. The van der Waals surface area contributed by atoms with Crippen LogP contribution in [0.4, 0.5) is 14.5 Å². The summed E-state index contributed by atoms with van der Waals surface area (Å²) in [5.74, 6) is -0.910. The Bertz CT molecular complexity index is 934. The second kappa shape index (κ2) is 6.96. The Labute approximate surface area is 159 Å². The number of halogens is 2. The molecule has 0 aliphatic carbocycles. The van der Waals surface area contributed by atoms with Crippen molar-refractivity contribution in [2.75, 3.05) is 17.6 Å². The van der Waals surface area contributed by atoms with Crippen LogP contribution in [0.2, 0.25) is 0 Å². The van der Waals surface area contributed by atoms with E-state index in [-0.39, 0.29) is 22.6 Å². The second-order valence-electron chi connectivity index (χ2n) is 6.60. The molecule has 2 aliphatic rings. The first-order valence-electron chi connectivity index (χ1n) is 8.82. The van der Waals surface area contributed by atoms with Crippen LogP contribution in [0.3, 0.4) is 0 Å². The molecule has 0 unspecified atom stereocenters. The van der Waals surface area contributed by atoms with E-state index in [9.17, 15) is 18.4 Å². The highest BCUT2D eigenvalue weighted by atomic mass is 32.2. The van der Waals surface area contributed by atoms with Crippen molar-refractivity contribution in [1.29, 1.82) is 0 Å². The van der Waals surface area contributed by atoms with E-state index < -0.39 is 17.7 Å². The van der Waals surface area contributed by atoms with Crippen molar-refractivity contribution >= 4 is 29.3 Å². The molecule has 0 aromatic heterocycles. The van der Waals surface area contributed by atoms with Crippen LogP contribution in [-0.4, -0.2) is 40.3 Å². The minimum atomic E-state index is -0.696. The second-order valence-corrected chi connectivity index (χ2v) is 8.12. The fourth-order valence-corrected chi connectivity index (χ4v) is 4.93. The van der Waals surface area contributed by atoms with Gasteiger partial charge in [0.1, 0.15) is 17.7 Å². The van der Waals surface area contributed by atoms with Crippen LogP contribution in [0.5, 0.6) is 0 Å². The topological polar surface area (TPSA) is 49.4 Å². The molecule has 0 radical (unpaired) electrons. The van der Waals surface area contributed by atoms with Crippen LogP contribution in [-0.2, 0) is 4.79 Å². The van der Waals surface area contributed by atoms with Crippen LogP contribution in [0, 0.1) is 11.6 Å². The predicted molar refractivity (Wildman–Crippen MR) is 102 cm³/mol. The van der Waals surface area contributed by atoms with Crippen molar-refractivity contribution < 1.29 is 18.4 Å². The van der Waals surface area contributed by atoms with E-state index in [2.05, 4.69) is 5.32 Å². The lowest BCUT2D eigenvalue weighted by Crippen LogP contribution is -2.44. The normalized spacial score (nSPS) is 21.5. The zero-order valence-corrected chi connectivity index (χ0v) is 15.5. The summed E-state index contributed by atoms with van der Waals surface area (Å²) in [5.41, 5.74) is 1.42. The molecule has 1 saturated heterocycles. The van der Waals surface area contributed by atoms with Crippen molar-refractivity contribution in [3.05, 3.63) is 53.6 Å². The smallest absolute Gasteiger partial charge is 0.256 e. The maximum absolute atomic E-state index is 14.2. The van der Waals surface area contributed by atoms with E-state index in [1.807, 2.05) is 6.92 Å². The highest BCUT2D eigenvalue weighted by molar-refractivity contribution is 7.99. The van der Waals surface area contributed by atoms with Gasteiger partial charge in [0.2, 0.25) is 5.91 Å². The number of carbonyl (C=O) groups is 2. The number of rotatable bonds is 3. The van der Waals surface area contributed by atoms with E-state index in [1.165, 1.54) is 12.1 Å². The number of carbonyl (C=O) groups excluding carboxylic acids is 2. The van der Waals surface area contributed by atoms with E-state index in [1.54, 1.807) is 34.9 Å². The van der Waals surface area contributed by atoms with Gasteiger partial charge in [-0.05, 0) is 42.0 Å². The zero-order valence-electron chi connectivity index (χ0n) is 14.7. The predicted octanol–water partition coefficient (Wildman–Crippen LogP) is 3.92. The number of fused-ring (bicyclic) bond motifs is 2. The Hall–Kier alpha value is -2.41. The quantitative estimate of drug-likeness (QED) is 0.867. The maximum atomic E-state index is 14.2. The van der Waals surface area contributed by atoms with Gasteiger partial charge < -0.3 is 10.2 Å². The third kappa shape index (κ3) is 3.10. The molecule has 140 valence electrons. The number of thioether (sulfide) groups is 1. The number of nitrogens with zero attached hydrogens (tertiary/aromatic N) is 1. The number of amides is 2. The first-order chi connectivity index (χ1) is 13.0. The van der Waals surface area contributed by atoms with E-state index in [4.69, 9.17) is 0 Å². The number of hydrogen-bond donors (Lipinski definition) is 1. The van der Waals surface area contributed by atoms with Gasteiger partial charge >= 0.3 is 0 Å². The Morgan fingerprint density at radius 2 is 1.96 bits per heavy atom. The molecule has 0 bridgehead atoms. The van der Waals surface area contributed by atoms with Crippen LogP contribution < -0.4 is 5.32 Å². The van der Waals surface area contributed by atoms with Gasteiger partial charge in [-0.3, -0.25) is 9.59 Å². The Morgan fingerprint density at radius 1 is 1.15 bits per heavy atom. The van der Waals surface area contributed by atoms with Crippen molar-refractivity contribution in [2.45, 2.75) is 24.6 Å². The fraction of sp³-hybridized carbons (Fsp3) is 0.300. The number of benzene rings is 2. The zero-order chi connectivity index (χ0) is 19.1. The summed E-state index contributed by atoms with van der Waals surface area (Å²) in [6.45, 7) is 2.55. The van der Waals surface area contributed by atoms with Crippen LogP contribution in [0.1, 0.15) is 23.7 Å². The molecule has 7 heteroatoms. The lowest BCUT2D eigenvalue weighted by atomic mass is 10.0. The molecule has 4 nitrogen and oxygen atoms in total. The Balaban J connectivity index is 1.75. The van der Waals surface area contributed by atoms with Gasteiger partial charge in [-0.1, -0.05) is 13.0 Å². The van der Waals surface area contributed by atoms with Crippen LogP contribution in [0.15, 0.2) is 36.4 Å². The minimum Gasteiger partial charge on any atom is -0.325 e. The monoisotopic (exact) mass is 388 g/mol. The largest absolute Gasteiger partial charge is 0.325 e. The van der Waals surface area contributed by atoms with Crippen molar-refractivity contribution in [3.8, 4) is 11.1 Å². The van der Waals surface area contributed by atoms with E-state index >= 15 is 0 Å². The van der Waals surface area contributed by atoms with Crippen LogP contribution in [0.25, 0.3) is 11.1 Å². The number of hydrogen-bond acceptors (Lipinski definition) is 3. The molecule has 1 fully saturated rings. The molecule has 2 amide bonds. The summed E-state index contributed by atoms with van der Waals surface area (Å²) < 4.78 is 27.3. The average molecular weight is 388 g/mol. The standard InChI is InChI=1S/C20H18F2N2O2S/c1-2-27-17-7-8-24-18(17)19(25)23-16-6-3-11(9-14(16)20(24)26)13-5-4-12(21)10-15(13)22/h3-6,9-10,17-18H,2,7-8H2,1H3,(H,23,25)/t17-,18+/m1/s1. The van der Waals surface area contributed by atoms with Gasteiger partial charge in [-0.2, -0.15) is 11.8 Å². The first-order valence-corrected chi connectivity index (χ1v) is 9.87. The molecule has 27 heavy (non-hydrogen) atoms. The van der Waals surface area contributed by atoms with Gasteiger partial charge in [-0.15, -0.1) is 0 Å². The summed E-state index contributed by atoms with van der Waals surface area (Å²) in [7, 11) is 0. The van der Waals surface area contributed by atoms with Gasteiger partial charge in [0.25, 0.3) is 5.91 Å². The summed E-state index contributed by atoms with van der Waals surface area (Å²) in [4.78, 5) is 27.4. The van der Waals surface area contributed by atoms with Crippen molar-refractivity contribution in [3.63, 3.8) is 0 Å². The molecule has 4 rings (SSSR count). The van der Waals surface area contributed by atoms with Gasteiger partial charge in [0.15, 0.2) is 0 Å². The lowest BCUT2D eigenvalue weighted by Gasteiger charge is -2.23. The molecular formula is C20H18F2N2O2S. The average Bonchev–Trinajstić information content (AvgIpc) is 3.01. The minimum absolute atomic E-state index is 0.0716. The summed E-state index contributed by atoms with van der Waals surface area (Å²) in [6, 6.07) is 7.63. The number of anilines is 1. The molecule has 2 atom stereocenters. The Morgan fingerprint density at radius 3 is 2.70 bits per heavy atom. The highest BCUT2D eigenvalue weighted by Crippen LogP contribution is 2.36. The maximum Gasteiger partial charge on any atom is 0.256 e. The lowest BCUT2D eigenvalue weighted by molar-refractivity contribution is -0.119. The molecule has 0 saturated carbocycles. The molecule has 1 N–H and O–H groups in total. The Kier molecular flexibility index (Phi) is 4.63. The van der Waals surface area contributed by atoms with Gasteiger partial charge in [0, 0.05) is 23.4 Å². The third-order valence-electron chi connectivity index (χ3n) is 5.00. The molecule has 2 aliphatic heterocycles. The van der Waals surface area contributed by atoms with Crippen LogP contribution >= 0.6 is 11.8 Å². The molecule has 2 aromatic carbocycles. The molecular weight excluding hydrogens is 370 g/mol. The summed E-state index contributed by atoms with van der Waals surface area (Å²) in [6.07, 6.45) is 0.768. The SMILES string of the molecule is CCS[C@@H]1CCN2C(=O)c3cc(-c4ccc(F)cc4F)ccc3NC(=O)[C@H]12. The van der Waals surface area contributed by atoms with Crippen molar-refractivity contribution in [2.24, 2.45) is 0 Å². The third-order valence-corrected chi connectivity index (χ3v) is 6.26. The van der Waals surface area contributed by atoms with Crippen molar-refractivity contribution in [1.82, 2.24) is 4.90 Å². The van der Waals surface area contributed by atoms with E-state index in [0.29, 0.717) is 23.4 Å². The fourth-order valence-electron chi connectivity index (χ4n) is 3.77. The first kappa shape index (κ1) is 18.0. The molecule has 2 aromatic rings. The summed E-state index contributed by atoms with van der Waals surface area (Å²) >= 11 is 1.68. The van der Waals surface area contributed by atoms with E-state index in [0.717, 1.165) is 18.2 Å².